The van der Waals surface area contributed by atoms with E-state index in [9.17, 15) is 10.1 Å². The van der Waals surface area contributed by atoms with Gasteiger partial charge in [-0.3, -0.25) is 10.1 Å². The van der Waals surface area contributed by atoms with E-state index in [1.165, 1.54) is 18.7 Å². The summed E-state index contributed by atoms with van der Waals surface area (Å²) in [5, 5.41) is 10.5. The van der Waals surface area contributed by atoms with E-state index in [-0.39, 0.29) is 11.8 Å². The van der Waals surface area contributed by atoms with Gasteiger partial charge in [-0.2, -0.15) is 0 Å². The molecule has 1 saturated heterocycles. The average Bonchev–Trinajstić information content (AvgIpc) is 2.40. The number of ether oxygens (including phenoxy) is 1. The standard InChI is InChI=1S/C12H17N3O3/c1-14(9-11-4-2-3-7-18-11)12-6-5-10(8-13-12)15(16)17/h5-6,8,11H,2-4,7,9H2,1H3. The van der Waals surface area contributed by atoms with Gasteiger partial charge < -0.3 is 9.64 Å². The van der Waals surface area contributed by atoms with Gasteiger partial charge in [-0.1, -0.05) is 0 Å². The fourth-order valence-electron chi connectivity index (χ4n) is 2.06. The molecule has 0 bridgehead atoms. The molecular weight excluding hydrogens is 234 g/mol. The number of nitrogens with zero attached hydrogens (tertiary/aromatic N) is 3. The SMILES string of the molecule is CN(CC1CCCCO1)c1ccc([N+](=O)[O-])cn1. The third-order valence-electron chi connectivity index (χ3n) is 3.09. The van der Waals surface area contributed by atoms with Crippen molar-refractivity contribution in [3.63, 3.8) is 0 Å². The Labute approximate surface area is 106 Å². The molecule has 0 spiro atoms. The van der Waals surface area contributed by atoms with E-state index in [0.717, 1.165) is 31.8 Å². The molecule has 1 unspecified atom stereocenters. The van der Waals surface area contributed by atoms with Crippen LogP contribution in [0.2, 0.25) is 0 Å². The summed E-state index contributed by atoms with van der Waals surface area (Å²) in [6, 6.07) is 3.14. The van der Waals surface area contributed by atoms with Crippen LogP contribution in [0.25, 0.3) is 0 Å². The van der Waals surface area contributed by atoms with Crippen LogP contribution in [-0.2, 0) is 4.74 Å². The number of nitro groups is 1. The molecule has 1 aromatic heterocycles. The number of hydrogen-bond donors (Lipinski definition) is 0. The molecule has 98 valence electrons. The van der Waals surface area contributed by atoms with Gasteiger partial charge in [0.15, 0.2) is 0 Å². The van der Waals surface area contributed by atoms with Crippen molar-refractivity contribution in [2.24, 2.45) is 0 Å². The van der Waals surface area contributed by atoms with E-state index >= 15 is 0 Å². The van der Waals surface area contributed by atoms with E-state index < -0.39 is 4.92 Å². The van der Waals surface area contributed by atoms with Crippen molar-refractivity contribution in [2.75, 3.05) is 25.1 Å². The van der Waals surface area contributed by atoms with Crippen LogP contribution in [0.15, 0.2) is 18.3 Å². The Bertz CT molecular complexity index is 402. The summed E-state index contributed by atoms with van der Waals surface area (Å²) in [6.45, 7) is 1.59. The summed E-state index contributed by atoms with van der Waals surface area (Å²) in [5.41, 5.74) is 0.0149. The highest BCUT2D eigenvalue weighted by Gasteiger charge is 2.17. The Morgan fingerprint density at radius 2 is 2.39 bits per heavy atom. The minimum atomic E-state index is -0.443. The van der Waals surface area contributed by atoms with Gasteiger partial charge >= 0.3 is 0 Å². The second kappa shape index (κ2) is 5.77. The van der Waals surface area contributed by atoms with Gasteiger partial charge in [0.05, 0.1) is 11.0 Å². The predicted octanol–water partition coefficient (Wildman–Crippen LogP) is 2.00. The minimum Gasteiger partial charge on any atom is -0.376 e. The van der Waals surface area contributed by atoms with Crippen molar-refractivity contribution in [1.82, 2.24) is 4.98 Å². The second-order valence-corrected chi connectivity index (χ2v) is 4.50. The molecule has 1 aromatic rings. The van der Waals surface area contributed by atoms with Crippen molar-refractivity contribution in [3.8, 4) is 0 Å². The minimum absolute atomic E-state index is 0.0149. The molecule has 1 fully saturated rings. The lowest BCUT2D eigenvalue weighted by Crippen LogP contribution is -2.33. The molecule has 1 atom stereocenters. The summed E-state index contributed by atoms with van der Waals surface area (Å²) < 4.78 is 5.65. The van der Waals surface area contributed by atoms with Crippen molar-refractivity contribution in [2.45, 2.75) is 25.4 Å². The molecule has 6 heteroatoms. The average molecular weight is 251 g/mol. The van der Waals surface area contributed by atoms with Gasteiger partial charge in [0.1, 0.15) is 12.0 Å². The first-order valence-corrected chi connectivity index (χ1v) is 6.10. The van der Waals surface area contributed by atoms with Gasteiger partial charge in [-0.15, -0.1) is 0 Å². The van der Waals surface area contributed by atoms with Crippen LogP contribution < -0.4 is 4.90 Å². The van der Waals surface area contributed by atoms with Crippen molar-refractivity contribution in [1.29, 1.82) is 0 Å². The maximum absolute atomic E-state index is 10.5. The summed E-state index contributed by atoms with van der Waals surface area (Å²) in [4.78, 5) is 16.2. The van der Waals surface area contributed by atoms with Crippen molar-refractivity contribution in [3.05, 3.63) is 28.4 Å². The molecule has 2 heterocycles. The fourth-order valence-corrected chi connectivity index (χ4v) is 2.06. The molecule has 6 nitrogen and oxygen atoms in total. The highest BCUT2D eigenvalue weighted by Crippen LogP contribution is 2.18. The van der Waals surface area contributed by atoms with Gasteiger partial charge in [0.2, 0.25) is 0 Å². The number of anilines is 1. The second-order valence-electron chi connectivity index (χ2n) is 4.50. The quantitative estimate of drug-likeness (QED) is 0.604. The lowest BCUT2D eigenvalue weighted by atomic mass is 10.1. The molecule has 2 rings (SSSR count). The fraction of sp³-hybridized carbons (Fsp3) is 0.583. The van der Waals surface area contributed by atoms with Crippen LogP contribution in [0.4, 0.5) is 11.5 Å². The Balaban J connectivity index is 1.95. The first kappa shape index (κ1) is 12.8. The molecular formula is C12H17N3O3. The summed E-state index contributed by atoms with van der Waals surface area (Å²) in [5.74, 6) is 0.731. The van der Waals surface area contributed by atoms with E-state index in [0.29, 0.717) is 0 Å². The van der Waals surface area contributed by atoms with E-state index in [2.05, 4.69) is 4.98 Å². The highest BCUT2D eigenvalue weighted by atomic mass is 16.6. The zero-order valence-electron chi connectivity index (χ0n) is 10.4. The molecule has 1 aliphatic rings. The van der Waals surface area contributed by atoms with Crippen LogP contribution in [0.3, 0.4) is 0 Å². The lowest BCUT2D eigenvalue weighted by molar-refractivity contribution is -0.385. The van der Waals surface area contributed by atoms with E-state index in [1.54, 1.807) is 6.07 Å². The van der Waals surface area contributed by atoms with E-state index in [4.69, 9.17) is 4.74 Å². The van der Waals surface area contributed by atoms with Gasteiger partial charge in [-0.05, 0) is 25.3 Å². The summed E-state index contributed by atoms with van der Waals surface area (Å²) >= 11 is 0. The van der Waals surface area contributed by atoms with Crippen LogP contribution in [0, 0.1) is 10.1 Å². The Hall–Kier alpha value is -1.69. The summed E-state index contributed by atoms with van der Waals surface area (Å²) in [7, 11) is 1.92. The molecule has 0 aliphatic carbocycles. The van der Waals surface area contributed by atoms with Crippen LogP contribution in [-0.4, -0.2) is 36.2 Å². The Morgan fingerprint density at radius 3 is 2.94 bits per heavy atom. The van der Waals surface area contributed by atoms with Crippen molar-refractivity contribution < 1.29 is 9.66 Å². The maximum atomic E-state index is 10.5. The molecule has 18 heavy (non-hydrogen) atoms. The Morgan fingerprint density at radius 1 is 1.56 bits per heavy atom. The maximum Gasteiger partial charge on any atom is 0.287 e. The molecule has 0 aromatic carbocycles. The smallest absolute Gasteiger partial charge is 0.287 e. The third kappa shape index (κ3) is 3.16. The van der Waals surface area contributed by atoms with Crippen LogP contribution >= 0.6 is 0 Å². The molecule has 0 saturated carbocycles. The monoisotopic (exact) mass is 251 g/mol. The zero-order valence-corrected chi connectivity index (χ0v) is 10.4. The van der Waals surface area contributed by atoms with Crippen LogP contribution in [0.1, 0.15) is 19.3 Å². The number of aromatic nitrogens is 1. The van der Waals surface area contributed by atoms with Gasteiger partial charge in [0, 0.05) is 26.3 Å². The van der Waals surface area contributed by atoms with E-state index in [1.807, 2.05) is 11.9 Å². The molecule has 0 radical (unpaired) electrons. The lowest BCUT2D eigenvalue weighted by Gasteiger charge is -2.27. The highest BCUT2D eigenvalue weighted by molar-refractivity contribution is 5.42. The molecule has 0 N–H and O–H groups in total. The van der Waals surface area contributed by atoms with Crippen LogP contribution in [0.5, 0.6) is 0 Å². The number of likely N-dealkylation sites (N-methyl/N-ethyl adjacent to an activating group) is 1. The first-order chi connectivity index (χ1) is 8.66. The first-order valence-electron chi connectivity index (χ1n) is 6.10. The Kier molecular flexibility index (Phi) is 4.09. The third-order valence-corrected chi connectivity index (χ3v) is 3.09. The topological polar surface area (TPSA) is 68.5 Å². The normalized spacial score (nSPS) is 19.5. The van der Waals surface area contributed by atoms with Crippen molar-refractivity contribution >= 4 is 11.5 Å². The number of pyridine rings is 1. The predicted molar refractivity (Wildman–Crippen MR) is 67.8 cm³/mol. The zero-order chi connectivity index (χ0) is 13.0. The van der Waals surface area contributed by atoms with Gasteiger partial charge in [0.25, 0.3) is 5.69 Å². The largest absolute Gasteiger partial charge is 0.376 e. The van der Waals surface area contributed by atoms with Gasteiger partial charge in [-0.25, -0.2) is 4.98 Å². The molecule has 0 amide bonds. The summed E-state index contributed by atoms with van der Waals surface area (Å²) in [6.07, 6.45) is 4.92. The molecule has 1 aliphatic heterocycles. The number of hydrogen-bond acceptors (Lipinski definition) is 5. The number of rotatable bonds is 4.